The van der Waals surface area contributed by atoms with Crippen LogP contribution in [0.15, 0.2) is 0 Å². The summed E-state index contributed by atoms with van der Waals surface area (Å²) in [6.07, 6.45) is 0.534. The summed E-state index contributed by atoms with van der Waals surface area (Å²) in [6, 6.07) is 0. The summed E-state index contributed by atoms with van der Waals surface area (Å²) in [5.41, 5.74) is -1.17. The molecule has 2 N–H and O–H groups in total. The van der Waals surface area contributed by atoms with Crippen LogP contribution in [0.25, 0.3) is 0 Å². The number of β-amino-alcohol motifs (C(OH)–C–C–N with tert-alkyl or cyclic N) is 1. The van der Waals surface area contributed by atoms with Crippen LogP contribution in [0.5, 0.6) is 0 Å². The van der Waals surface area contributed by atoms with E-state index in [0.29, 0.717) is 13.0 Å². The Morgan fingerprint density at radius 2 is 2.00 bits per heavy atom. The molecule has 1 fully saturated rings. The van der Waals surface area contributed by atoms with Gasteiger partial charge in [0.15, 0.2) is 0 Å². The number of amides is 1. The lowest BCUT2D eigenvalue weighted by Gasteiger charge is -2.38. The minimum Gasteiger partial charge on any atom is -0.388 e. The quantitative estimate of drug-likeness (QED) is 0.530. The van der Waals surface area contributed by atoms with Crippen molar-refractivity contribution in [1.82, 2.24) is 5.32 Å². The summed E-state index contributed by atoms with van der Waals surface area (Å²) in [5.74, 6) is 0.0315. The van der Waals surface area contributed by atoms with Crippen LogP contribution in [-0.2, 0) is 4.79 Å². The Balaban J connectivity index is 2.75. The number of nitrogens with one attached hydrogen (secondary N) is 1. The zero-order chi connectivity index (χ0) is 8.70. The van der Waals surface area contributed by atoms with Crippen LogP contribution >= 0.6 is 0 Å². The largest absolute Gasteiger partial charge is 0.388 e. The maximum Gasteiger partial charge on any atom is 0.225 e. The lowest BCUT2D eigenvalue weighted by molar-refractivity contribution is -0.139. The van der Waals surface area contributed by atoms with Gasteiger partial charge in [-0.25, -0.2) is 0 Å². The van der Waals surface area contributed by atoms with Gasteiger partial charge < -0.3 is 10.4 Å². The van der Waals surface area contributed by atoms with E-state index in [1.165, 1.54) is 0 Å². The van der Waals surface area contributed by atoms with Gasteiger partial charge in [-0.3, -0.25) is 4.79 Å². The van der Waals surface area contributed by atoms with Crippen molar-refractivity contribution in [3.63, 3.8) is 0 Å². The number of carbonyl (C=O) groups is 1. The van der Waals surface area contributed by atoms with E-state index in [9.17, 15) is 9.90 Å². The highest BCUT2D eigenvalue weighted by atomic mass is 16.3. The second-order valence-electron chi connectivity index (χ2n) is 4.24. The van der Waals surface area contributed by atoms with E-state index in [2.05, 4.69) is 5.32 Å². The van der Waals surface area contributed by atoms with Gasteiger partial charge >= 0.3 is 0 Å². The van der Waals surface area contributed by atoms with E-state index >= 15 is 0 Å². The van der Waals surface area contributed by atoms with Crippen LogP contribution < -0.4 is 5.32 Å². The molecule has 1 aliphatic rings. The fourth-order valence-electron chi connectivity index (χ4n) is 1.60. The maximum absolute atomic E-state index is 11.2. The van der Waals surface area contributed by atoms with Crippen LogP contribution in [0.1, 0.15) is 27.2 Å². The molecule has 1 saturated heterocycles. The monoisotopic (exact) mass is 157 g/mol. The normalized spacial score (nSPS) is 36.5. The molecule has 0 aromatic carbocycles. The molecule has 0 spiro atoms. The molecule has 0 bridgehead atoms. The Kier molecular flexibility index (Phi) is 1.71. The van der Waals surface area contributed by atoms with Gasteiger partial charge in [0.25, 0.3) is 0 Å². The van der Waals surface area contributed by atoms with E-state index in [1.807, 2.05) is 13.8 Å². The number of hydrogen-bond acceptors (Lipinski definition) is 2. The second kappa shape index (κ2) is 2.21. The first-order chi connectivity index (χ1) is 4.83. The Bertz CT molecular complexity index is 185. The molecule has 1 rings (SSSR count). The van der Waals surface area contributed by atoms with Crippen molar-refractivity contribution < 1.29 is 9.90 Å². The van der Waals surface area contributed by atoms with Gasteiger partial charge in [-0.1, -0.05) is 13.8 Å². The summed E-state index contributed by atoms with van der Waals surface area (Å²) in [7, 11) is 0. The van der Waals surface area contributed by atoms with E-state index in [4.69, 9.17) is 0 Å². The fourth-order valence-corrected chi connectivity index (χ4v) is 1.60. The summed E-state index contributed by atoms with van der Waals surface area (Å²) in [6.45, 7) is 5.80. The number of piperidine rings is 1. The average molecular weight is 157 g/mol. The highest BCUT2D eigenvalue weighted by Crippen LogP contribution is 2.31. The molecule has 1 atom stereocenters. The second-order valence-corrected chi connectivity index (χ2v) is 4.24. The van der Waals surface area contributed by atoms with E-state index in [0.717, 1.165) is 0 Å². The zero-order valence-corrected chi connectivity index (χ0v) is 7.27. The number of carbonyl (C=O) groups excluding carboxylic acids is 1. The molecule has 0 aromatic heterocycles. The molecular weight excluding hydrogens is 142 g/mol. The summed E-state index contributed by atoms with van der Waals surface area (Å²) in [5, 5.41) is 12.3. The number of hydrogen-bond donors (Lipinski definition) is 2. The van der Waals surface area contributed by atoms with Crippen LogP contribution in [-0.4, -0.2) is 23.2 Å². The predicted octanol–water partition coefficient (Wildman–Crippen LogP) is 0.283. The summed E-state index contributed by atoms with van der Waals surface area (Å²) < 4.78 is 0. The van der Waals surface area contributed by atoms with Crippen molar-refractivity contribution in [2.24, 2.45) is 5.41 Å². The van der Waals surface area contributed by atoms with Gasteiger partial charge in [0.1, 0.15) is 0 Å². The molecule has 3 nitrogen and oxygen atoms in total. The summed E-state index contributed by atoms with van der Waals surface area (Å²) >= 11 is 0. The minimum absolute atomic E-state index is 0.0315. The molecule has 64 valence electrons. The number of aliphatic hydroxyl groups is 1. The molecule has 3 heteroatoms. The molecule has 1 heterocycles. The maximum atomic E-state index is 11.2. The Morgan fingerprint density at radius 3 is 2.36 bits per heavy atom. The summed E-state index contributed by atoms with van der Waals surface area (Å²) in [4.78, 5) is 11.2. The van der Waals surface area contributed by atoms with E-state index in [-0.39, 0.29) is 5.91 Å². The lowest BCUT2D eigenvalue weighted by atomic mass is 9.77. The Morgan fingerprint density at radius 1 is 1.45 bits per heavy atom. The predicted molar refractivity (Wildman–Crippen MR) is 42.0 cm³/mol. The first kappa shape index (κ1) is 8.53. The third-order valence-electron chi connectivity index (χ3n) is 2.07. The highest BCUT2D eigenvalue weighted by molar-refractivity contribution is 5.82. The lowest BCUT2D eigenvalue weighted by Crippen LogP contribution is -2.54. The first-order valence-corrected chi connectivity index (χ1v) is 3.84. The van der Waals surface area contributed by atoms with Crippen molar-refractivity contribution in [3.05, 3.63) is 0 Å². The molecule has 0 aromatic rings. The zero-order valence-electron chi connectivity index (χ0n) is 7.27. The van der Waals surface area contributed by atoms with Crippen molar-refractivity contribution in [1.29, 1.82) is 0 Å². The third-order valence-corrected chi connectivity index (χ3v) is 2.07. The first-order valence-electron chi connectivity index (χ1n) is 3.84. The van der Waals surface area contributed by atoms with E-state index < -0.39 is 11.0 Å². The SMILES string of the molecule is CC1(O)CNC(=O)C(C)(C)C1. The minimum atomic E-state index is -0.739. The van der Waals surface area contributed by atoms with Gasteiger partial charge in [0.05, 0.1) is 5.60 Å². The molecule has 1 amide bonds. The molecule has 0 radical (unpaired) electrons. The van der Waals surface area contributed by atoms with Crippen LogP contribution in [0.2, 0.25) is 0 Å². The topological polar surface area (TPSA) is 49.3 Å². The standard InChI is InChI=1S/C8H15NO2/c1-7(2)4-8(3,11)5-9-6(7)10/h11H,4-5H2,1-3H3,(H,9,10). The van der Waals surface area contributed by atoms with Crippen molar-refractivity contribution in [3.8, 4) is 0 Å². The smallest absolute Gasteiger partial charge is 0.225 e. The van der Waals surface area contributed by atoms with Gasteiger partial charge in [0.2, 0.25) is 5.91 Å². The van der Waals surface area contributed by atoms with Gasteiger partial charge in [-0.2, -0.15) is 0 Å². The van der Waals surface area contributed by atoms with Gasteiger partial charge in [-0.15, -0.1) is 0 Å². The fraction of sp³-hybridized carbons (Fsp3) is 0.875. The Labute approximate surface area is 66.8 Å². The third kappa shape index (κ3) is 1.71. The van der Waals surface area contributed by atoms with Gasteiger partial charge in [-0.05, 0) is 13.3 Å². The molecule has 11 heavy (non-hydrogen) atoms. The van der Waals surface area contributed by atoms with Crippen LogP contribution in [0.4, 0.5) is 0 Å². The Hall–Kier alpha value is -0.570. The molecule has 0 saturated carbocycles. The molecule has 1 aliphatic heterocycles. The molecule has 0 aliphatic carbocycles. The van der Waals surface area contributed by atoms with Gasteiger partial charge in [0, 0.05) is 12.0 Å². The molecular formula is C8H15NO2. The van der Waals surface area contributed by atoms with Crippen molar-refractivity contribution in [2.75, 3.05) is 6.54 Å². The van der Waals surface area contributed by atoms with Crippen molar-refractivity contribution >= 4 is 5.91 Å². The van der Waals surface area contributed by atoms with Crippen LogP contribution in [0, 0.1) is 5.41 Å². The molecule has 1 unspecified atom stereocenters. The van der Waals surface area contributed by atoms with Crippen LogP contribution in [0.3, 0.4) is 0 Å². The average Bonchev–Trinajstić information content (AvgIpc) is 1.77. The number of rotatable bonds is 0. The van der Waals surface area contributed by atoms with E-state index in [1.54, 1.807) is 6.92 Å². The highest BCUT2D eigenvalue weighted by Gasteiger charge is 2.40. The van der Waals surface area contributed by atoms with Crippen molar-refractivity contribution in [2.45, 2.75) is 32.8 Å².